The maximum Gasteiger partial charge on any atom is 0.213 e. The second kappa shape index (κ2) is 3.19. The van der Waals surface area contributed by atoms with E-state index in [-0.39, 0.29) is 0 Å². The summed E-state index contributed by atoms with van der Waals surface area (Å²) in [5.41, 5.74) is 2.03. The monoisotopic (exact) mass is 222 g/mol. The smallest absolute Gasteiger partial charge is 0.213 e. The highest BCUT2D eigenvalue weighted by atomic mass is 16.5. The van der Waals surface area contributed by atoms with Crippen LogP contribution in [0.25, 0.3) is 11.6 Å². The summed E-state index contributed by atoms with van der Waals surface area (Å²) in [6.07, 6.45) is 0. The molecule has 1 aliphatic heterocycles. The number of hydrogen-bond acceptors (Lipinski definition) is 4. The molecule has 86 valence electrons. The lowest BCUT2D eigenvalue weighted by molar-refractivity contribution is -0.0985. The van der Waals surface area contributed by atoms with Crippen molar-refractivity contribution in [2.75, 3.05) is 0 Å². The third kappa shape index (κ3) is 1.15. The van der Waals surface area contributed by atoms with Crippen LogP contribution in [0.3, 0.4) is 0 Å². The highest BCUT2D eigenvalue weighted by Crippen LogP contribution is 2.26. The van der Waals surface area contributed by atoms with Crippen molar-refractivity contribution >= 4 is 0 Å². The first-order valence-electron chi connectivity index (χ1n) is 5.30. The summed E-state index contributed by atoms with van der Waals surface area (Å²) in [6.45, 7) is 3.94. The van der Waals surface area contributed by atoms with Gasteiger partial charge in [0.2, 0.25) is 5.82 Å². The molecule has 0 saturated carbocycles. The minimum Gasteiger partial charge on any atom is -0.324 e. The Bertz CT molecular complexity index is 521. The van der Waals surface area contributed by atoms with Gasteiger partial charge in [0.15, 0.2) is 5.82 Å². The Morgan fingerprint density at radius 3 is 2.75 bits per heavy atom. The second-order valence-corrected chi connectivity index (χ2v) is 3.99. The van der Waals surface area contributed by atoms with E-state index >= 15 is 0 Å². The zero-order valence-electron chi connectivity index (χ0n) is 9.30. The molecule has 0 bridgehead atoms. The number of aryl methyl sites for hydroxylation is 1. The number of hydrogen-bond donors (Lipinski definition) is 2. The molecule has 2 N–H and O–H groups in total. The predicted molar refractivity (Wildman–Crippen MR) is 55.5 cm³/mol. The Morgan fingerprint density at radius 2 is 2.19 bits per heavy atom. The molecule has 0 aromatic carbocycles. The van der Waals surface area contributed by atoms with Gasteiger partial charge in [0, 0.05) is 13.6 Å². The highest BCUT2D eigenvalue weighted by molar-refractivity contribution is 5.47. The highest BCUT2D eigenvalue weighted by Gasteiger charge is 2.27. The summed E-state index contributed by atoms with van der Waals surface area (Å²) >= 11 is 0. The van der Waals surface area contributed by atoms with Crippen molar-refractivity contribution in [3.8, 4) is 11.6 Å². The van der Waals surface area contributed by atoms with Crippen LogP contribution in [-0.2, 0) is 26.7 Å². The summed E-state index contributed by atoms with van der Waals surface area (Å²) in [6, 6.07) is 0. The zero-order valence-corrected chi connectivity index (χ0v) is 9.30. The fourth-order valence-corrected chi connectivity index (χ4v) is 2.15. The van der Waals surface area contributed by atoms with Crippen LogP contribution in [-0.4, -0.2) is 34.8 Å². The maximum absolute atomic E-state index is 9.44. The molecule has 0 saturated heterocycles. The number of imidazole rings is 1. The second-order valence-electron chi connectivity index (χ2n) is 3.99. The first-order valence-corrected chi connectivity index (χ1v) is 5.30. The third-order valence-corrected chi connectivity index (χ3v) is 2.96. The molecule has 2 aromatic heterocycles. The Labute approximate surface area is 92.2 Å². The van der Waals surface area contributed by atoms with Gasteiger partial charge < -0.3 is 9.77 Å². The molecule has 16 heavy (non-hydrogen) atoms. The molecule has 0 fully saturated rings. The first-order chi connectivity index (χ1) is 7.70. The van der Waals surface area contributed by atoms with Gasteiger partial charge in [-0.05, 0) is 6.92 Å². The van der Waals surface area contributed by atoms with E-state index in [4.69, 9.17) is 0 Å². The average molecular weight is 222 g/mol. The van der Waals surface area contributed by atoms with E-state index in [2.05, 4.69) is 26.8 Å². The molecule has 0 atom stereocenters. The summed E-state index contributed by atoms with van der Waals surface area (Å²) < 4.78 is 3.93. The van der Waals surface area contributed by atoms with Crippen molar-refractivity contribution in [3.05, 3.63) is 11.4 Å². The molecule has 0 aliphatic carbocycles. The fraction of sp³-hybridized carbons (Fsp3) is 0.556. The summed E-state index contributed by atoms with van der Waals surface area (Å²) in [4.78, 5) is 4.53. The lowest BCUT2D eigenvalue weighted by Crippen LogP contribution is -2.17. The predicted octanol–water partition coefficient (Wildman–Crippen LogP) is 0.336. The van der Waals surface area contributed by atoms with Gasteiger partial charge in [-0.3, -0.25) is 4.68 Å². The number of aromatic amines is 1. The topological polar surface area (TPSA) is 74.9 Å². The van der Waals surface area contributed by atoms with E-state index < -0.39 is 0 Å². The number of aromatic nitrogens is 5. The lowest BCUT2D eigenvalue weighted by atomic mass is 10.4. The van der Waals surface area contributed by atoms with E-state index in [1.807, 2.05) is 11.7 Å². The quantitative estimate of drug-likeness (QED) is 0.768. The molecule has 3 rings (SSSR count). The van der Waals surface area contributed by atoms with E-state index in [0.717, 1.165) is 29.6 Å². The largest absolute Gasteiger partial charge is 0.324 e. The van der Waals surface area contributed by atoms with Crippen molar-refractivity contribution in [1.29, 1.82) is 0 Å². The average Bonchev–Trinajstić information content (AvgIpc) is 2.71. The van der Waals surface area contributed by atoms with Gasteiger partial charge in [0.25, 0.3) is 0 Å². The van der Waals surface area contributed by atoms with Crippen molar-refractivity contribution in [3.63, 3.8) is 0 Å². The molecule has 0 amide bonds. The molecule has 1 aliphatic rings. The number of nitrogens with zero attached hydrogens (tertiary/aromatic N) is 5. The van der Waals surface area contributed by atoms with Gasteiger partial charge in [-0.25, -0.2) is 10.2 Å². The van der Waals surface area contributed by atoms with Gasteiger partial charge in [-0.2, -0.15) is 5.06 Å². The van der Waals surface area contributed by atoms with Crippen LogP contribution >= 0.6 is 0 Å². The number of H-pyrrole nitrogens is 1. The molecule has 7 heteroatoms. The van der Waals surface area contributed by atoms with Crippen LogP contribution in [0, 0.1) is 0 Å². The van der Waals surface area contributed by atoms with E-state index in [1.54, 1.807) is 0 Å². The van der Waals surface area contributed by atoms with Crippen LogP contribution < -0.4 is 0 Å². The van der Waals surface area contributed by atoms with Crippen LogP contribution in [0.2, 0.25) is 0 Å². The van der Waals surface area contributed by atoms with E-state index in [9.17, 15) is 5.21 Å². The van der Waals surface area contributed by atoms with Gasteiger partial charge in [0.1, 0.15) is 0 Å². The minimum absolute atomic E-state index is 0.500. The minimum atomic E-state index is 0.500. The molecule has 2 aromatic rings. The number of hydroxylamine groups is 2. The molecular formula is C9H14N6O. The molecular weight excluding hydrogens is 208 g/mol. The molecule has 0 spiro atoms. The molecule has 0 radical (unpaired) electrons. The SMILES string of the molecule is CCn1c(-c2n[nH]n2C)nc2c1CN(O)C2. The van der Waals surface area contributed by atoms with Gasteiger partial charge in [0.05, 0.1) is 24.5 Å². The normalized spacial score (nSPS) is 15.9. The van der Waals surface area contributed by atoms with Crippen molar-refractivity contribution in [2.45, 2.75) is 26.6 Å². The van der Waals surface area contributed by atoms with Crippen molar-refractivity contribution in [2.24, 2.45) is 7.05 Å². The van der Waals surface area contributed by atoms with Gasteiger partial charge in [-0.1, -0.05) is 0 Å². The van der Waals surface area contributed by atoms with Gasteiger partial charge in [-0.15, -0.1) is 5.10 Å². The molecule has 3 heterocycles. The number of fused-ring (bicyclic) bond motifs is 1. The Hall–Kier alpha value is -1.60. The van der Waals surface area contributed by atoms with Crippen molar-refractivity contribution < 1.29 is 5.21 Å². The van der Waals surface area contributed by atoms with Crippen molar-refractivity contribution in [1.82, 2.24) is 29.6 Å². The molecule has 0 unspecified atom stereocenters. The summed E-state index contributed by atoms with van der Waals surface area (Å²) in [5.74, 6) is 1.72. The molecule has 7 nitrogen and oxygen atoms in total. The lowest BCUT2D eigenvalue weighted by Gasteiger charge is -2.13. The summed E-state index contributed by atoms with van der Waals surface area (Å²) in [5, 5.41) is 17.6. The standard InChI is InChI=1S/C9H14N6O/c1-3-15-7-5-14(16)4-6(7)10-8(15)9-11-12-13(9)2/h12,16H,3-5H2,1-2H3. The Kier molecular flexibility index (Phi) is 1.92. The zero-order chi connectivity index (χ0) is 11.3. The number of nitrogens with one attached hydrogen (secondary N) is 1. The van der Waals surface area contributed by atoms with E-state index in [0.29, 0.717) is 13.1 Å². The van der Waals surface area contributed by atoms with E-state index in [1.165, 1.54) is 5.06 Å². The maximum atomic E-state index is 9.44. The first kappa shape index (κ1) is 9.61. The van der Waals surface area contributed by atoms with Crippen LogP contribution in [0.4, 0.5) is 0 Å². The Morgan fingerprint density at radius 1 is 1.38 bits per heavy atom. The van der Waals surface area contributed by atoms with Crippen LogP contribution in [0.15, 0.2) is 0 Å². The van der Waals surface area contributed by atoms with Crippen LogP contribution in [0.5, 0.6) is 0 Å². The third-order valence-electron chi connectivity index (χ3n) is 2.96. The number of rotatable bonds is 2. The van der Waals surface area contributed by atoms with Crippen LogP contribution in [0.1, 0.15) is 18.3 Å². The van der Waals surface area contributed by atoms with Gasteiger partial charge >= 0.3 is 0 Å². The fourth-order valence-electron chi connectivity index (χ4n) is 2.15. The Balaban J connectivity index is 2.10. The summed E-state index contributed by atoms with van der Waals surface area (Å²) in [7, 11) is 1.90.